The molecule has 0 aromatic heterocycles. The topological polar surface area (TPSA) is 29.3 Å². The first-order chi connectivity index (χ1) is 5.09. The van der Waals surface area contributed by atoms with Gasteiger partial charge in [0.05, 0.1) is 0 Å². The fourth-order valence-electron chi connectivity index (χ4n) is 1.05. The summed E-state index contributed by atoms with van der Waals surface area (Å²) in [5.74, 6) is 0. The summed E-state index contributed by atoms with van der Waals surface area (Å²) in [6, 6.07) is 0.285. The van der Waals surface area contributed by atoms with Crippen LogP contribution in [0.1, 0.15) is 12.8 Å². The van der Waals surface area contributed by atoms with E-state index in [-0.39, 0.29) is 6.04 Å². The predicted octanol–water partition coefficient (Wildman–Crippen LogP) is 1.36. The minimum atomic E-state index is 0.285. The standard InChI is InChI=1S/C9H18N2/c1-5-6-7-9(8(2)10)11(3)4/h5,9H,1-2,6-7,10H2,3-4H3. The Labute approximate surface area is 69.4 Å². The van der Waals surface area contributed by atoms with Crippen molar-refractivity contribution in [1.29, 1.82) is 0 Å². The van der Waals surface area contributed by atoms with Crippen LogP contribution in [0.3, 0.4) is 0 Å². The molecule has 0 aromatic rings. The molecule has 11 heavy (non-hydrogen) atoms. The maximum absolute atomic E-state index is 5.61. The number of hydrogen-bond acceptors (Lipinski definition) is 2. The Balaban J connectivity index is 3.89. The van der Waals surface area contributed by atoms with Gasteiger partial charge in [-0.3, -0.25) is 0 Å². The number of allylic oxidation sites excluding steroid dienone is 1. The van der Waals surface area contributed by atoms with Crippen LogP contribution in [0.25, 0.3) is 0 Å². The zero-order valence-electron chi connectivity index (χ0n) is 7.51. The summed E-state index contributed by atoms with van der Waals surface area (Å²) in [5.41, 5.74) is 6.34. The van der Waals surface area contributed by atoms with Crippen molar-refractivity contribution in [3.05, 3.63) is 24.9 Å². The van der Waals surface area contributed by atoms with Crippen LogP contribution < -0.4 is 5.73 Å². The maximum atomic E-state index is 5.61. The summed E-state index contributed by atoms with van der Waals surface area (Å²) < 4.78 is 0. The molecule has 0 saturated carbocycles. The first kappa shape index (κ1) is 10.2. The highest BCUT2D eigenvalue weighted by Crippen LogP contribution is 2.07. The smallest absolute Gasteiger partial charge is 0.0484 e. The fourth-order valence-corrected chi connectivity index (χ4v) is 1.05. The van der Waals surface area contributed by atoms with E-state index < -0.39 is 0 Å². The van der Waals surface area contributed by atoms with Crippen molar-refractivity contribution in [1.82, 2.24) is 4.90 Å². The molecule has 1 unspecified atom stereocenters. The molecule has 0 spiro atoms. The normalized spacial score (nSPS) is 13.0. The third kappa shape index (κ3) is 3.83. The summed E-state index contributed by atoms with van der Waals surface area (Å²) in [6.07, 6.45) is 3.89. The fraction of sp³-hybridized carbons (Fsp3) is 0.556. The molecule has 0 fully saturated rings. The predicted molar refractivity (Wildman–Crippen MR) is 50.2 cm³/mol. The van der Waals surface area contributed by atoms with E-state index in [1.807, 2.05) is 20.2 Å². The average molecular weight is 154 g/mol. The molecule has 0 aliphatic carbocycles. The number of nitrogens with two attached hydrogens (primary N) is 1. The molecular formula is C9H18N2. The van der Waals surface area contributed by atoms with E-state index in [1.165, 1.54) is 0 Å². The molecule has 0 rings (SSSR count). The molecule has 2 N–H and O–H groups in total. The van der Waals surface area contributed by atoms with Crippen LogP contribution in [0.2, 0.25) is 0 Å². The maximum Gasteiger partial charge on any atom is 0.0484 e. The molecule has 2 nitrogen and oxygen atoms in total. The largest absolute Gasteiger partial charge is 0.401 e. The highest BCUT2D eigenvalue weighted by molar-refractivity contribution is 5.00. The minimum absolute atomic E-state index is 0.285. The lowest BCUT2D eigenvalue weighted by molar-refractivity contribution is 0.315. The SMILES string of the molecule is C=CCCC(C(=C)N)N(C)C. The van der Waals surface area contributed by atoms with Crippen LogP contribution in [-0.2, 0) is 0 Å². The number of hydrogen-bond donors (Lipinski definition) is 1. The zero-order valence-corrected chi connectivity index (χ0v) is 7.51. The Morgan fingerprint density at radius 3 is 2.45 bits per heavy atom. The van der Waals surface area contributed by atoms with Crippen molar-refractivity contribution >= 4 is 0 Å². The van der Waals surface area contributed by atoms with Gasteiger partial charge >= 0.3 is 0 Å². The van der Waals surface area contributed by atoms with Crippen LogP contribution in [0.4, 0.5) is 0 Å². The van der Waals surface area contributed by atoms with E-state index in [1.54, 1.807) is 0 Å². The lowest BCUT2D eigenvalue weighted by Crippen LogP contribution is -2.32. The van der Waals surface area contributed by atoms with Gasteiger partial charge in [-0.25, -0.2) is 0 Å². The van der Waals surface area contributed by atoms with Gasteiger partial charge in [0.1, 0.15) is 0 Å². The molecule has 64 valence electrons. The molecule has 0 aliphatic rings. The van der Waals surface area contributed by atoms with Gasteiger partial charge in [-0.15, -0.1) is 6.58 Å². The summed E-state index contributed by atoms with van der Waals surface area (Å²) >= 11 is 0. The van der Waals surface area contributed by atoms with E-state index in [2.05, 4.69) is 18.1 Å². The van der Waals surface area contributed by atoms with E-state index in [0.29, 0.717) is 0 Å². The van der Waals surface area contributed by atoms with Crippen molar-refractivity contribution in [3.63, 3.8) is 0 Å². The Kier molecular flexibility index (Phi) is 4.62. The Hall–Kier alpha value is -0.760. The first-order valence-corrected chi connectivity index (χ1v) is 3.81. The summed E-state index contributed by atoms with van der Waals surface area (Å²) in [4.78, 5) is 2.08. The van der Waals surface area contributed by atoms with Gasteiger partial charge in [-0.1, -0.05) is 12.7 Å². The van der Waals surface area contributed by atoms with Gasteiger partial charge in [-0.2, -0.15) is 0 Å². The monoisotopic (exact) mass is 154 g/mol. The summed E-state index contributed by atoms with van der Waals surface area (Å²) in [7, 11) is 4.01. The van der Waals surface area contributed by atoms with Gasteiger partial charge < -0.3 is 10.6 Å². The van der Waals surface area contributed by atoms with E-state index in [9.17, 15) is 0 Å². The third-order valence-electron chi connectivity index (χ3n) is 1.70. The molecular weight excluding hydrogens is 136 g/mol. The van der Waals surface area contributed by atoms with Crippen molar-refractivity contribution < 1.29 is 0 Å². The first-order valence-electron chi connectivity index (χ1n) is 3.81. The lowest BCUT2D eigenvalue weighted by Gasteiger charge is -2.23. The molecule has 0 amide bonds. The van der Waals surface area contributed by atoms with Crippen LogP contribution >= 0.6 is 0 Å². The Bertz CT molecular complexity index is 138. The molecule has 2 heteroatoms. The van der Waals surface area contributed by atoms with Crippen molar-refractivity contribution in [2.45, 2.75) is 18.9 Å². The van der Waals surface area contributed by atoms with Crippen molar-refractivity contribution in [2.75, 3.05) is 14.1 Å². The van der Waals surface area contributed by atoms with E-state index in [0.717, 1.165) is 18.5 Å². The Morgan fingerprint density at radius 1 is 1.64 bits per heavy atom. The number of rotatable bonds is 5. The van der Waals surface area contributed by atoms with Crippen LogP contribution in [0.15, 0.2) is 24.9 Å². The highest BCUT2D eigenvalue weighted by atomic mass is 15.1. The average Bonchev–Trinajstić information content (AvgIpc) is 1.87. The van der Waals surface area contributed by atoms with Crippen molar-refractivity contribution in [3.8, 4) is 0 Å². The molecule has 1 atom stereocenters. The van der Waals surface area contributed by atoms with Gasteiger partial charge in [-0.05, 0) is 26.9 Å². The molecule has 0 bridgehead atoms. The van der Waals surface area contributed by atoms with Crippen LogP contribution in [0, 0.1) is 0 Å². The lowest BCUT2D eigenvalue weighted by atomic mass is 10.1. The third-order valence-corrected chi connectivity index (χ3v) is 1.70. The van der Waals surface area contributed by atoms with Crippen LogP contribution in [0.5, 0.6) is 0 Å². The molecule has 0 heterocycles. The second-order valence-electron chi connectivity index (χ2n) is 2.92. The second kappa shape index (κ2) is 4.97. The van der Waals surface area contributed by atoms with E-state index >= 15 is 0 Å². The van der Waals surface area contributed by atoms with Gasteiger partial charge in [0.2, 0.25) is 0 Å². The molecule has 0 aliphatic heterocycles. The Morgan fingerprint density at radius 2 is 2.18 bits per heavy atom. The summed E-state index contributed by atoms with van der Waals surface area (Å²) in [5, 5.41) is 0. The zero-order chi connectivity index (χ0) is 8.85. The van der Waals surface area contributed by atoms with Crippen LogP contribution in [-0.4, -0.2) is 25.0 Å². The molecule has 0 radical (unpaired) electrons. The summed E-state index contributed by atoms with van der Waals surface area (Å²) in [6.45, 7) is 7.39. The minimum Gasteiger partial charge on any atom is -0.401 e. The van der Waals surface area contributed by atoms with Crippen molar-refractivity contribution in [2.24, 2.45) is 5.73 Å². The number of likely N-dealkylation sites (N-methyl/N-ethyl adjacent to an activating group) is 1. The van der Waals surface area contributed by atoms with Gasteiger partial charge in [0.25, 0.3) is 0 Å². The quantitative estimate of drug-likeness (QED) is 0.606. The second-order valence-corrected chi connectivity index (χ2v) is 2.92. The molecule has 0 aromatic carbocycles. The highest BCUT2D eigenvalue weighted by Gasteiger charge is 2.10. The van der Waals surface area contributed by atoms with Gasteiger partial charge in [0, 0.05) is 11.7 Å². The van der Waals surface area contributed by atoms with Gasteiger partial charge in [0.15, 0.2) is 0 Å². The number of nitrogens with zero attached hydrogens (tertiary/aromatic N) is 1. The van der Waals surface area contributed by atoms with E-state index in [4.69, 9.17) is 5.73 Å². The molecule has 0 saturated heterocycles.